The predicted molar refractivity (Wildman–Crippen MR) is 116 cm³/mol. The highest BCUT2D eigenvalue weighted by molar-refractivity contribution is 7.11. The summed E-state index contributed by atoms with van der Waals surface area (Å²) in [5.41, 5.74) is 4.40. The van der Waals surface area contributed by atoms with E-state index in [1.807, 2.05) is 47.8 Å². The van der Waals surface area contributed by atoms with Crippen molar-refractivity contribution in [1.29, 1.82) is 0 Å². The number of hydrogen-bond acceptors (Lipinski definition) is 3. The van der Waals surface area contributed by atoms with E-state index in [9.17, 15) is 9.59 Å². The topological polar surface area (TPSA) is 54.3 Å². The van der Waals surface area contributed by atoms with Crippen molar-refractivity contribution in [1.82, 2.24) is 14.8 Å². The van der Waals surface area contributed by atoms with Gasteiger partial charge in [-0.05, 0) is 23.9 Å². The molecule has 146 valence electrons. The Kier molecular flexibility index (Phi) is 4.17. The summed E-state index contributed by atoms with van der Waals surface area (Å²) in [7, 11) is 1.99. The van der Waals surface area contributed by atoms with Gasteiger partial charge in [0.2, 0.25) is 0 Å². The highest BCUT2D eigenvalue weighted by Gasteiger charge is 2.45. The summed E-state index contributed by atoms with van der Waals surface area (Å²) >= 11 is 1.53. The Hall–Kier alpha value is -3.12. The number of para-hydroxylation sites is 1. The van der Waals surface area contributed by atoms with E-state index in [0.717, 1.165) is 39.9 Å². The number of thiophene rings is 1. The first kappa shape index (κ1) is 17.9. The van der Waals surface area contributed by atoms with E-state index in [0.29, 0.717) is 23.4 Å². The molecular formula is C23H21N3O2S. The number of aryl methyl sites for hydroxylation is 1. The van der Waals surface area contributed by atoms with Gasteiger partial charge in [0.15, 0.2) is 0 Å². The molecule has 2 aliphatic rings. The van der Waals surface area contributed by atoms with Crippen LogP contribution < -0.4 is 5.32 Å². The lowest BCUT2D eigenvalue weighted by Crippen LogP contribution is -2.28. The minimum absolute atomic E-state index is 0.0851. The molecule has 0 bridgehead atoms. The van der Waals surface area contributed by atoms with Crippen LogP contribution in [0, 0.1) is 0 Å². The first-order valence-electron chi connectivity index (χ1n) is 9.82. The van der Waals surface area contributed by atoms with Crippen LogP contribution in [0.4, 0.5) is 0 Å². The highest BCUT2D eigenvalue weighted by Crippen LogP contribution is 2.44. The molecule has 0 aliphatic carbocycles. The molecule has 5 rings (SSSR count). The molecule has 1 N–H and O–H groups in total. The third-order valence-corrected chi connectivity index (χ3v) is 6.47. The van der Waals surface area contributed by atoms with Crippen molar-refractivity contribution in [2.45, 2.75) is 19.8 Å². The summed E-state index contributed by atoms with van der Waals surface area (Å²) in [6.45, 7) is 2.71. The smallest absolute Gasteiger partial charge is 0.261 e. The van der Waals surface area contributed by atoms with Crippen LogP contribution in [0.15, 0.2) is 59.1 Å². The van der Waals surface area contributed by atoms with Crippen LogP contribution in [0.1, 0.15) is 30.2 Å². The standard InChI is InChI=1S/C23H21N3O2S/c1-3-4-11-26-21(15-13-25(2)16-9-6-5-8-14(15)16)19-18(23(26)28)20(24-22(19)27)17-10-7-12-29-17/h5-10,12-13H,3-4,11H2,1-2H3,(H,24,27). The fraction of sp³-hybridized carbons (Fsp3) is 0.217. The van der Waals surface area contributed by atoms with Gasteiger partial charge in [0.1, 0.15) is 0 Å². The van der Waals surface area contributed by atoms with Crippen LogP contribution >= 0.6 is 11.3 Å². The first-order valence-corrected chi connectivity index (χ1v) is 10.7. The van der Waals surface area contributed by atoms with Crippen molar-refractivity contribution in [2.75, 3.05) is 6.54 Å². The number of carbonyl (C=O) groups is 2. The summed E-state index contributed by atoms with van der Waals surface area (Å²) in [6.07, 6.45) is 3.89. The molecule has 1 aromatic carbocycles. The average molecular weight is 404 g/mol. The van der Waals surface area contributed by atoms with Gasteiger partial charge in [0, 0.05) is 36.3 Å². The summed E-state index contributed by atoms with van der Waals surface area (Å²) in [6, 6.07) is 12.0. The Bertz CT molecular complexity index is 1210. The van der Waals surface area contributed by atoms with Crippen molar-refractivity contribution < 1.29 is 9.59 Å². The molecule has 5 nitrogen and oxygen atoms in total. The van der Waals surface area contributed by atoms with Crippen molar-refractivity contribution >= 4 is 45.4 Å². The van der Waals surface area contributed by atoms with Gasteiger partial charge in [-0.3, -0.25) is 9.59 Å². The van der Waals surface area contributed by atoms with E-state index in [4.69, 9.17) is 0 Å². The first-order chi connectivity index (χ1) is 14.1. The van der Waals surface area contributed by atoms with Crippen LogP contribution in [0.5, 0.6) is 0 Å². The molecule has 2 aromatic heterocycles. The fourth-order valence-electron chi connectivity index (χ4n) is 4.23. The maximum Gasteiger partial charge on any atom is 0.261 e. The van der Waals surface area contributed by atoms with Gasteiger partial charge < -0.3 is 14.8 Å². The van der Waals surface area contributed by atoms with Crippen LogP contribution in [0.3, 0.4) is 0 Å². The van der Waals surface area contributed by atoms with Crippen LogP contribution in [0.25, 0.3) is 22.3 Å². The number of nitrogens with zero attached hydrogens (tertiary/aromatic N) is 2. The number of carbonyl (C=O) groups excluding carboxylic acids is 2. The zero-order chi connectivity index (χ0) is 20.1. The van der Waals surface area contributed by atoms with Gasteiger partial charge >= 0.3 is 0 Å². The van der Waals surface area contributed by atoms with E-state index in [1.54, 1.807) is 0 Å². The molecule has 0 unspecified atom stereocenters. The maximum atomic E-state index is 13.5. The minimum atomic E-state index is -0.196. The van der Waals surface area contributed by atoms with E-state index in [-0.39, 0.29) is 11.8 Å². The number of benzene rings is 1. The summed E-state index contributed by atoms with van der Waals surface area (Å²) in [4.78, 5) is 29.3. The quantitative estimate of drug-likeness (QED) is 0.696. The summed E-state index contributed by atoms with van der Waals surface area (Å²) in [5, 5.41) is 5.96. The van der Waals surface area contributed by atoms with E-state index >= 15 is 0 Å². The second-order valence-corrected chi connectivity index (χ2v) is 8.33. The molecule has 0 radical (unpaired) electrons. The predicted octanol–water partition coefficient (Wildman–Crippen LogP) is 4.13. The summed E-state index contributed by atoms with van der Waals surface area (Å²) in [5.74, 6) is -0.281. The third kappa shape index (κ3) is 2.59. The molecule has 2 amide bonds. The fourth-order valence-corrected chi connectivity index (χ4v) is 4.97. The number of nitrogens with one attached hydrogen (secondary N) is 1. The van der Waals surface area contributed by atoms with Crippen LogP contribution in [-0.2, 0) is 16.6 Å². The maximum absolute atomic E-state index is 13.5. The van der Waals surface area contributed by atoms with Gasteiger partial charge in [-0.15, -0.1) is 11.3 Å². The lowest BCUT2D eigenvalue weighted by molar-refractivity contribution is -0.123. The van der Waals surface area contributed by atoms with Gasteiger partial charge in [-0.25, -0.2) is 0 Å². The zero-order valence-electron chi connectivity index (χ0n) is 16.4. The number of amides is 2. The lowest BCUT2D eigenvalue weighted by Gasteiger charge is -2.21. The minimum Gasteiger partial charge on any atom is -0.350 e. The van der Waals surface area contributed by atoms with Gasteiger partial charge in [-0.1, -0.05) is 37.6 Å². The molecule has 0 fully saturated rings. The molecule has 3 aromatic rings. The SMILES string of the molecule is CCCCN1C(=O)C2=C(c3cccs3)NC(=O)C2=C1c1cn(C)c2ccccc12. The van der Waals surface area contributed by atoms with Crippen molar-refractivity contribution in [3.05, 3.63) is 69.6 Å². The van der Waals surface area contributed by atoms with Crippen molar-refractivity contribution in [3.63, 3.8) is 0 Å². The van der Waals surface area contributed by atoms with Crippen LogP contribution in [0.2, 0.25) is 0 Å². The summed E-state index contributed by atoms with van der Waals surface area (Å²) < 4.78 is 2.05. The number of hydrogen-bond donors (Lipinski definition) is 1. The average Bonchev–Trinajstić information content (AvgIpc) is 3.47. The Morgan fingerprint density at radius 3 is 2.66 bits per heavy atom. The Labute approximate surface area is 172 Å². The van der Waals surface area contributed by atoms with Crippen molar-refractivity contribution in [2.24, 2.45) is 7.05 Å². The molecule has 6 heteroatoms. The van der Waals surface area contributed by atoms with Gasteiger partial charge in [-0.2, -0.15) is 0 Å². The number of fused-ring (bicyclic) bond motifs is 2. The molecule has 2 aliphatic heterocycles. The molecular weight excluding hydrogens is 382 g/mol. The van der Waals surface area contributed by atoms with E-state index in [1.165, 1.54) is 11.3 Å². The molecule has 29 heavy (non-hydrogen) atoms. The van der Waals surface area contributed by atoms with E-state index in [2.05, 4.69) is 28.9 Å². The number of aromatic nitrogens is 1. The normalized spacial score (nSPS) is 16.4. The Morgan fingerprint density at radius 1 is 1.07 bits per heavy atom. The largest absolute Gasteiger partial charge is 0.350 e. The Morgan fingerprint density at radius 2 is 1.90 bits per heavy atom. The Balaban J connectivity index is 1.79. The molecule has 0 spiro atoms. The van der Waals surface area contributed by atoms with Crippen LogP contribution in [-0.4, -0.2) is 27.8 Å². The van der Waals surface area contributed by atoms with Gasteiger partial charge in [0.05, 0.1) is 27.4 Å². The molecule has 0 saturated heterocycles. The lowest BCUT2D eigenvalue weighted by atomic mass is 10.0. The number of unbranched alkanes of at least 4 members (excludes halogenated alkanes) is 1. The highest BCUT2D eigenvalue weighted by atomic mass is 32.1. The van der Waals surface area contributed by atoms with Gasteiger partial charge in [0.25, 0.3) is 11.8 Å². The second-order valence-electron chi connectivity index (χ2n) is 7.39. The number of rotatable bonds is 5. The molecule has 4 heterocycles. The molecule has 0 atom stereocenters. The second kappa shape index (κ2) is 6.74. The molecule has 0 saturated carbocycles. The zero-order valence-corrected chi connectivity index (χ0v) is 17.2. The third-order valence-electron chi connectivity index (χ3n) is 5.59. The van der Waals surface area contributed by atoms with E-state index < -0.39 is 0 Å². The van der Waals surface area contributed by atoms with Crippen molar-refractivity contribution in [3.8, 4) is 0 Å². The monoisotopic (exact) mass is 403 g/mol.